The van der Waals surface area contributed by atoms with Crippen molar-refractivity contribution in [3.8, 4) is 0 Å². The Morgan fingerprint density at radius 2 is 1.72 bits per heavy atom. The van der Waals surface area contributed by atoms with Crippen LogP contribution in [-0.2, 0) is 11.2 Å². The molecule has 7 nitrogen and oxygen atoms in total. The van der Waals surface area contributed by atoms with Gasteiger partial charge in [-0.3, -0.25) is 14.9 Å². The van der Waals surface area contributed by atoms with Crippen molar-refractivity contribution in [3.63, 3.8) is 0 Å². The number of nitro benzene ring substituents is 1. The number of quaternary nitrogens is 1. The van der Waals surface area contributed by atoms with Crippen LogP contribution in [0.3, 0.4) is 0 Å². The smallest absolute Gasteiger partial charge is 0.275 e. The molecule has 1 heterocycles. The van der Waals surface area contributed by atoms with Crippen LogP contribution in [0.1, 0.15) is 18.4 Å². The lowest BCUT2D eigenvalue weighted by Crippen LogP contribution is -3.14. The molecule has 3 rings (SSSR count). The maximum Gasteiger partial charge on any atom is 0.275 e. The van der Waals surface area contributed by atoms with Crippen LogP contribution in [0.4, 0.5) is 11.4 Å². The molecule has 0 radical (unpaired) electrons. The number of carbonyl (C=O) groups is 1. The fourth-order valence-electron chi connectivity index (χ4n) is 3.81. The van der Waals surface area contributed by atoms with Crippen LogP contribution in [0.2, 0.25) is 0 Å². The Morgan fingerprint density at radius 1 is 1.03 bits per heavy atom. The molecular weight excluding hydrogens is 368 g/mol. The molecule has 7 heteroatoms. The molecule has 1 saturated heterocycles. The molecule has 0 aliphatic carbocycles. The van der Waals surface area contributed by atoms with E-state index in [1.54, 1.807) is 12.1 Å². The van der Waals surface area contributed by atoms with E-state index in [0.29, 0.717) is 19.6 Å². The predicted octanol–water partition coefficient (Wildman–Crippen LogP) is 1.66. The Morgan fingerprint density at radius 3 is 2.38 bits per heavy atom. The molecule has 0 aromatic heterocycles. The van der Waals surface area contributed by atoms with Gasteiger partial charge < -0.3 is 15.5 Å². The fraction of sp³-hybridized carbons (Fsp3) is 0.409. The highest BCUT2D eigenvalue weighted by Crippen LogP contribution is 2.16. The molecule has 2 aromatic rings. The van der Waals surface area contributed by atoms with E-state index < -0.39 is 4.92 Å². The Labute approximate surface area is 171 Å². The molecule has 0 atom stereocenters. The van der Waals surface area contributed by atoms with Crippen molar-refractivity contribution < 1.29 is 14.6 Å². The predicted molar refractivity (Wildman–Crippen MR) is 113 cm³/mol. The van der Waals surface area contributed by atoms with Gasteiger partial charge in [0.15, 0.2) is 6.54 Å². The van der Waals surface area contributed by atoms with Crippen molar-refractivity contribution in [1.29, 1.82) is 0 Å². The van der Waals surface area contributed by atoms with Crippen LogP contribution in [0.5, 0.6) is 0 Å². The van der Waals surface area contributed by atoms with E-state index in [-0.39, 0.29) is 11.6 Å². The summed E-state index contributed by atoms with van der Waals surface area (Å²) in [5.41, 5.74) is 2.27. The number of piperidine rings is 1. The van der Waals surface area contributed by atoms with E-state index in [2.05, 4.69) is 41.0 Å². The monoisotopic (exact) mass is 397 g/mol. The van der Waals surface area contributed by atoms with E-state index in [0.717, 1.165) is 31.1 Å². The molecule has 0 saturated carbocycles. The van der Waals surface area contributed by atoms with Gasteiger partial charge in [-0.05, 0) is 42.9 Å². The van der Waals surface area contributed by atoms with E-state index in [4.69, 9.17) is 0 Å². The number of nitrogens with one attached hydrogen (secondary N) is 3. The number of likely N-dealkylation sites (tertiary alicyclic amines) is 1. The van der Waals surface area contributed by atoms with Crippen LogP contribution >= 0.6 is 0 Å². The van der Waals surface area contributed by atoms with Crippen molar-refractivity contribution in [2.24, 2.45) is 5.92 Å². The SMILES string of the molecule is O=C(C[NH+]1CCC(Cc2ccccc2)CC1)NCCNc1ccc([N+](=O)[O-])cc1. The first-order chi connectivity index (χ1) is 14.1. The summed E-state index contributed by atoms with van der Waals surface area (Å²) in [6, 6.07) is 16.9. The number of anilines is 1. The quantitative estimate of drug-likeness (QED) is 0.341. The highest BCUT2D eigenvalue weighted by atomic mass is 16.6. The van der Waals surface area contributed by atoms with Crippen LogP contribution in [0, 0.1) is 16.0 Å². The zero-order valence-electron chi connectivity index (χ0n) is 16.6. The molecule has 1 amide bonds. The molecule has 0 spiro atoms. The number of hydrogen-bond donors (Lipinski definition) is 3. The summed E-state index contributed by atoms with van der Waals surface area (Å²) in [6.45, 7) is 3.73. The van der Waals surface area contributed by atoms with E-state index in [1.165, 1.54) is 35.4 Å². The lowest BCUT2D eigenvalue weighted by Gasteiger charge is -2.29. The molecule has 1 fully saturated rings. The van der Waals surface area contributed by atoms with Gasteiger partial charge in [0.25, 0.3) is 11.6 Å². The first kappa shape index (κ1) is 20.8. The Bertz CT molecular complexity index is 787. The number of benzene rings is 2. The van der Waals surface area contributed by atoms with Gasteiger partial charge >= 0.3 is 0 Å². The summed E-state index contributed by atoms with van der Waals surface area (Å²) < 4.78 is 0. The molecule has 29 heavy (non-hydrogen) atoms. The number of rotatable bonds is 9. The first-order valence-corrected chi connectivity index (χ1v) is 10.2. The molecule has 0 bridgehead atoms. The largest absolute Gasteiger partial charge is 0.383 e. The number of hydrogen-bond acceptors (Lipinski definition) is 4. The van der Waals surface area contributed by atoms with Crippen molar-refractivity contribution in [3.05, 3.63) is 70.3 Å². The van der Waals surface area contributed by atoms with Gasteiger partial charge in [-0.1, -0.05) is 30.3 Å². The maximum atomic E-state index is 12.2. The lowest BCUT2D eigenvalue weighted by atomic mass is 9.90. The van der Waals surface area contributed by atoms with Crippen molar-refractivity contribution in [2.45, 2.75) is 19.3 Å². The summed E-state index contributed by atoms with van der Waals surface area (Å²) in [5.74, 6) is 0.794. The average molecular weight is 397 g/mol. The molecule has 1 aliphatic rings. The number of nitro groups is 1. The summed E-state index contributed by atoms with van der Waals surface area (Å²) in [7, 11) is 0. The van der Waals surface area contributed by atoms with E-state index in [1.807, 2.05) is 0 Å². The topological polar surface area (TPSA) is 88.7 Å². The Balaban J connectivity index is 1.28. The summed E-state index contributed by atoms with van der Waals surface area (Å²) in [6.07, 6.45) is 3.47. The third-order valence-corrected chi connectivity index (χ3v) is 5.44. The Kier molecular flexibility index (Phi) is 7.58. The van der Waals surface area contributed by atoms with Crippen molar-refractivity contribution in [2.75, 3.05) is 38.0 Å². The fourth-order valence-corrected chi connectivity index (χ4v) is 3.81. The third-order valence-electron chi connectivity index (χ3n) is 5.44. The normalized spacial score (nSPS) is 18.8. The number of nitrogens with zero attached hydrogens (tertiary/aromatic N) is 1. The third kappa shape index (κ3) is 6.87. The molecular formula is C22H29N4O3+. The molecule has 0 unspecified atom stereocenters. The van der Waals surface area contributed by atoms with Crippen LogP contribution < -0.4 is 15.5 Å². The van der Waals surface area contributed by atoms with Crippen molar-refractivity contribution >= 4 is 17.3 Å². The van der Waals surface area contributed by atoms with Crippen molar-refractivity contribution in [1.82, 2.24) is 5.32 Å². The minimum Gasteiger partial charge on any atom is -0.383 e. The summed E-state index contributed by atoms with van der Waals surface area (Å²) >= 11 is 0. The number of non-ortho nitro benzene ring substituents is 1. The summed E-state index contributed by atoms with van der Waals surface area (Å²) in [5, 5.41) is 16.8. The second-order valence-electron chi connectivity index (χ2n) is 7.64. The zero-order chi connectivity index (χ0) is 20.5. The van der Waals surface area contributed by atoms with Gasteiger partial charge in [-0.2, -0.15) is 0 Å². The Hall–Kier alpha value is -2.93. The van der Waals surface area contributed by atoms with Crippen LogP contribution in [0.15, 0.2) is 54.6 Å². The molecule has 154 valence electrons. The van der Waals surface area contributed by atoms with Gasteiger partial charge in [0.05, 0.1) is 18.0 Å². The van der Waals surface area contributed by atoms with Gasteiger partial charge in [-0.15, -0.1) is 0 Å². The standard InChI is InChI=1S/C22H28N4O3/c27-22(24-13-12-23-20-6-8-21(9-7-20)26(28)29)17-25-14-10-19(11-15-25)16-18-4-2-1-3-5-18/h1-9,19,23H,10-17H2,(H,24,27)/p+1. The van der Waals surface area contributed by atoms with Crippen LogP contribution in [0.25, 0.3) is 0 Å². The molecule has 2 aromatic carbocycles. The second-order valence-corrected chi connectivity index (χ2v) is 7.64. The van der Waals surface area contributed by atoms with Gasteiger partial charge in [0.2, 0.25) is 0 Å². The molecule has 3 N–H and O–H groups in total. The van der Waals surface area contributed by atoms with E-state index in [9.17, 15) is 14.9 Å². The zero-order valence-corrected chi connectivity index (χ0v) is 16.6. The van der Waals surface area contributed by atoms with Gasteiger partial charge in [0, 0.05) is 30.9 Å². The van der Waals surface area contributed by atoms with Gasteiger partial charge in [-0.25, -0.2) is 0 Å². The molecule has 1 aliphatic heterocycles. The van der Waals surface area contributed by atoms with Gasteiger partial charge in [0.1, 0.15) is 0 Å². The highest BCUT2D eigenvalue weighted by molar-refractivity contribution is 5.76. The number of amides is 1. The van der Waals surface area contributed by atoms with Crippen LogP contribution in [-0.4, -0.2) is 43.6 Å². The van der Waals surface area contributed by atoms with E-state index >= 15 is 0 Å². The lowest BCUT2D eigenvalue weighted by molar-refractivity contribution is -0.898. The second kappa shape index (κ2) is 10.6. The number of carbonyl (C=O) groups excluding carboxylic acids is 1. The minimum atomic E-state index is -0.420. The average Bonchev–Trinajstić information content (AvgIpc) is 2.74. The highest BCUT2D eigenvalue weighted by Gasteiger charge is 2.23. The summed E-state index contributed by atoms with van der Waals surface area (Å²) in [4.78, 5) is 23.8. The minimum absolute atomic E-state index is 0.0689. The first-order valence-electron chi connectivity index (χ1n) is 10.2. The maximum absolute atomic E-state index is 12.2.